The van der Waals surface area contributed by atoms with E-state index in [0.717, 1.165) is 4.57 Å². The highest BCUT2D eigenvalue weighted by molar-refractivity contribution is 6.04. The van der Waals surface area contributed by atoms with E-state index in [0.29, 0.717) is 16.8 Å². The Balaban J connectivity index is 1.84. The predicted molar refractivity (Wildman–Crippen MR) is 114 cm³/mol. The number of anilines is 1. The quantitative estimate of drug-likeness (QED) is 0.453. The van der Waals surface area contributed by atoms with Crippen molar-refractivity contribution in [3.8, 4) is 11.8 Å². The maximum atomic E-state index is 12.8. The van der Waals surface area contributed by atoms with E-state index in [4.69, 9.17) is 4.42 Å². The van der Waals surface area contributed by atoms with Crippen molar-refractivity contribution >= 4 is 11.6 Å². The van der Waals surface area contributed by atoms with E-state index in [1.165, 1.54) is 32.2 Å². The van der Waals surface area contributed by atoms with Gasteiger partial charge in [0.15, 0.2) is 12.1 Å². The van der Waals surface area contributed by atoms with Crippen LogP contribution in [0, 0.1) is 11.3 Å². The molecule has 0 saturated carbocycles. The summed E-state index contributed by atoms with van der Waals surface area (Å²) in [6, 6.07) is 9.16. The summed E-state index contributed by atoms with van der Waals surface area (Å²) in [5, 5.41) is 25.9. The summed E-state index contributed by atoms with van der Waals surface area (Å²) in [5.41, 5.74) is 0.581. The Morgan fingerprint density at radius 3 is 2.76 bits per heavy atom. The highest BCUT2D eigenvalue weighted by Gasteiger charge is 2.32. The fourth-order valence-electron chi connectivity index (χ4n) is 3.71. The number of hydrogen-bond acceptors (Lipinski definition) is 9. The Morgan fingerprint density at radius 2 is 2.09 bits per heavy atom. The topological polar surface area (TPSA) is 160 Å². The van der Waals surface area contributed by atoms with Crippen LogP contribution in [0.5, 0.6) is 5.75 Å². The van der Waals surface area contributed by atoms with Crippen LogP contribution in [0.3, 0.4) is 0 Å². The van der Waals surface area contributed by atoms with Crippen molar-refractivity contribution in [1.29, 1.82) is 5.26 Å². The molecule has 0 bridgehead atoms. The molecule has 4 rings (SSSR count). The van der Waals surface area contributed by atoms with Gasteiger partial charge >= 0.3 is 0 Å². The third-order valence-corrected chi connectivity index (χ3v) is 5.30. The molecule has 2 N–H and O–H groups in total. The van der Waals surface area contributed by atoms with Crippen LogP contribution in [0.25, 0.3) is 0 Å². The molecule has 0 saturated heterocycles. The Hall–Kier alpha value is -4.72. The Kier molecular flexibility index (Phi) is 5.73. The van der Waals surface area contributed by atoms with Gasteiger partial charge in [-0.05, 0) is 11.6 Å². The average molecular weight is 446 g/mol. The number of carbonyl (C=O) groups excluding carboxylic acids is 1. The second-order valence-electron chi connectivity index (χ2n) is 7.28. The first-order chi connectivity index (χ1) is 15.9. The SMILES string of the molecule is C[C@H](c1nc(C(=O)Nc2cnoc2)c(O)c(=O)n1C)[C@@H](c1cocn1)c1ccccc1C#N. The minimum Gasteiger partial charge on any atom is -0.501 e. The minimum absolute atomic E-state index is 0.203. The van der Waals surface area contributed by atoms with Crippen LogP contribution in [-0.2, 0) is 7.05 Å². The number of oxazole rings is 1. The van der Waals surface area contributed by atoms with Gasteiger partial charge < -0.3 is 19.4 Å². The maximum absolute atomic E-state index is 12.8. The van der Waals surface area contributed by atoms with Crippen molar-refractivity contribution in [3.63, 3.8) is 0 Å². The van der Waals surface area contributed by atoms with Crippen molar-refractivity contribution < 1.29 is 18.8 Å². The molecule has 11 nitrogen and oxygen atoms in total. The van der Waals surface area contributed by atoms with Crippen LogP contribution in [0.2, 0.25) is 0 Å². The van der Waals surface area contributed by atoms with Crippen LogP contribution < -0.4 is 10.9 Å². The first-order valence-electron chi connectivity index (χ1n) is 9.80. The van der Waals surface area contributed by atoms with E-state index in [1.807, 2.05) is 0 Å². The van der Waals surface area contributed by atoms with Gasteiger partial charge in [-0.3, -0.25) is 14.2 Å². The fraction of sp³-hybridized carbons (Fsp3) is 0.182. The number of aromatic nitrogens is 4. The van der Waals surface area contributed by atoms with Crippen molar-refractivity contribution in [2.45, 2.75) is 18.8 Å². The highest BCUT2D eigenvalue weighted by Crippen LogP contribution is 2.38. The summed E-state index contributed by atoms with van der Waals surface area (Å²) in [5.74, 6) is -2.48. The van der Waals surface area contributed by atoms with Gasteiger partial charge in [0.2, 0.25) is 5.75 Å². The number of amides is 1. The number of carbonyl (C=O) groups is 1. The number of rotatable bonds is 6. The zero-order valence-corrected chi connectivity index (χ0v) is 17.6. The molecule has 4 aromatic rings. The molecule has 0 aliphatic rings. The summed E-state index contributed by atoms with van der Waals surface area (Å²) in [4.78, 5) is 34.1. The fourth-order valence-corrected chi connectivity index (χ4v) is 3.71. The molecule has 0 spiro atoms. The summed E-state index contributed by atoms with van der Waals surface area (Å²) in [6.45, 7) is 1.79. The first-order valence-corrected chi connectivity index (χ1v) is 9.80. The maximum Gasteiger partial charge on any atom is 0.296 e. The average Bonchev–Trinajstić information content (AvgIpc) is 3.53. The molecule has 0 aliphatic carbocycles. The van der Waals surface area contributed by atoms with Crippen molar-refractivity contribution in [3.05, 3.63) is 88.1 Å². The first kappa shape index (κ1) is 21.5. The Labute approximate surface area is 186 Å². The molecular formula is C22H18N6O5. The molecule has 0 radical (unpaired) electrons. The standard InChI is InChI=1S/C22H18N6O5/c1-12(17(16-10-32-11-24-16)15-6-4-3-5-13(15)7-23)20-27-18(19(29)22(31)28(20)2)21(30)26-14-8-25-33-9-14/h3-6,8-12,17,29H,1-2H3,(H,26,30)/t12-,17+/m0/s1. The molecule has 3 heterocycles. The molecule has 0 fully saturated rings. The molecule has 3 aromatic heterocycles. The van der Waals surface area contributed by atoms with Crippen LogP contribution in [-0.4, -0.2) is 30.7 Å². The summed E-state index contributed by atoms with van der Waals surface area (Å²) in [6.07, 6.45) is 5.18. The van der Waals surface area contributed by atoms with E-state index in [-0.39, 0.29) is 11.5 Å². The normalized spacial score (nSPS) is 12.6. The van der Waals surface area contributed by atoms with E-state index in [2.05, 4.69) is 31.0 Å². The van der Waals surface area contributed by atoms with Crippen molar-refractivity contribution in [1.82, 2.24) is 19.7 Å². The third kappa shape index (κ3) is 3.97. The van der Waals surface area contributed by atoms with Gasteiger partial charge in [0.1, 0.15) is 24.0 Å². The van der Waals surface area contributed by atoms with Crippen LogP contribution in [0.1, 0.15) is 51.9 Å². The molecule has 1 aromatic carbocycles. The lowest BCUT2D eigenvalue weighted by Gasteiger charge is -2.25. The lowest BCUT2D eigenvalue weighted by Crippen LogP contribution is -2.29. The summed E-state index contributed by atoms with van der Waals surface area (Å²) in [7, 11) is 1.44. The number of aromatic hydroxyl groups is 1. The Bertz CT molecular complexity index is 1390. The number of hydrogen-bond donors (Lipinski definition) is 2. The zero-order valence-electron chi connectivity index (χ0n) is 17.6. The smallest absolute Gasteiger partial charge is 0.296 e. The van der Waals surface area contributed by atoms with Crippen LogP contribution >= 0.6 is 0 Å². The number of nitrogens with zero attached hydrogens (tertiary/aromatic N) is 5. The minimum atomic E-state index is -0.808. The lowest BCUT2D eigenvalue weighted by molar-refractivity contribution is 0.101. The van der Waals surface area contributed by atoms with Crippen molar-refractivity contribution in [2.24, 2.45) is 7.05 Å². The molecule has 0 aliphatic heterocycles. The largest absolute Gasteiger partial charge is 0.501 e. The van der Waals surface area contributed by atoms with Gasteiger partial charge in [-0.15, -0.1) is 0 Å². The zero-order chi connectivity index (χ0) is 23.5. The van der Waals surface area contributed by atoms with Gasteiger partial charge in [0.25, 0.3) is 11.5 Å². The third-order valence-electron chi connectivity index (χ3n) is 5.30. The van der Waals surface area contributed by atoms with E-state index in [1.54, 1.807) is 31.2 Å². The Morgan fingerprint density at radius 1 is 1.30 bits per heavy atom. The molecule has 166 valence electrons. The monoisotopic (exact) mass is 446 g/mol. The van der Waals surface area contributed by atoms with E-state index >= 15 is 0 Å². The lowest BCUT2D eigenvalue weighted by atomic mass is 9.82. The second-order valence-corrected chi connectivity index (χ2v) is 7.28. The molecule has 1 amide bonds. The van der Waals surface area contributed by atoms with Crippen molar-refractivity contribution in [2.75, 3.05) is 5.32 Å². The summed E-state index contributed by atoms with van der Waals surface area (Å²) < 4.78 is 11.0. The van der Waals surface area contributed by atoms with Gasteiger partial charge in [-0.2, -0.15) is 5.26 Å². The second kappa shape index (κ2) is 8.80. The summed E-state index contributed by atoms with van der Waals surface area (Å²) >= 11 is 0. The molecule has 11 heteroatoms. The van der Waals surface area contributed by atoms with Gasteiger partial charge in [0.05, 0.1) is 23.5 Å². The molecule has 0 unspecified atom stereocenters. The highest BCUT2D eigenvalue weighted by atomic mass is 16.5. The number of benzene rings is 1. The predicted octanol–water partition coefficient (Wildman–Crippen LogP) is 2.52. The van der Waals surface area contributed by atoms with Crippen LogP contribution in [0.4, 0.5) is 5.69 Å². The van der Waals surface area contributed by atoms with Gasteiger partial charge in [-0.1, -0.05) is 30.3 Å². The van der Waals surface area contributed by atoms with E-state index in [9.17, 15) is 20.0 Å². The number of nitriles is 1. The molecular weight excluding hydrogens is 428 g/mol. The molecule has 2 atom stereocenters. The van der Waals surface area contributed by atoms with Gasteiger partial charge in [-0.25, -0.2) is 9.97 Å². The van der Waals surface area contributed by atoms with Crippen LogP contribution in [0.15, 0.2) is 63.1 Å². The number of nitrogens with one attached hydrogen (secondary N) is 1. The van der Waals surface area contributed by atoms with E-state index < -0.39 is 34.7 Å². The van der Waals surface area contributed by atoms with Gasteiger partial charge in [0, 0.05) is 18.9 Å². The molecule has 33 heavy (non-hydrogen) atoms.